The van der Waals surface area contributed by atoms with Crippen LogP contribution < -0.4 is 10.1 Å². The number of anilines is 1. The summed E-state index contributed by atoms with van der Waals surface area (Å²) in [6, 6.07) is 4.19. The number of rotatable bonds is 6. The van der Waals surface area contributed by atoms with Gasteiger partial charge in [-0.25, -0.2) is 4.79 Å². The zero-order valence-electron chi connectivity index (χ0n) is 11.5. The summed E-state index contributed by atoms with van der Waals surface area (Å²) < 4.78 is 10.4. The summed E-state index contributed by atoms with van der Waals surface area (Å²) in [6.07, 6.45) is 0.323. The van der Waals surface area contributed by atoms with Crippen LogP contribution >= 0.6 is 0 Å². The lowest BCUT2D eigenvalue weighted by Crippen LogP contribution is -2.47. The van der Waals surface area contributed by atoms with Gasteiger partial charge in [-0.2, -0.15) is 0 Å². The van der Waals surface area contributed by atoms with Crippen molar-refractivity contribution < 1.29 is 24.3 Å². The lowest BCUT2D eigenvalue weighted by molar-refractivity contribution is -0.385. The molecule has 0 amide bonds. The number of nitro benzene ring substituents is 1. The van der Waals surface area contributed by atoms with E-state index >= 15 is 0 Å². The average Bonchev–Trinajstić information content (AvgIpc) is 2.89. The molecule has 0 aromatic heterocycles. The fourth-order valence-corrected chi connectivity index (χ4v) is 2.18. The van der Waals surface area contributed by atoms with E-state index in [1.807, 2.05) is 0 Å². The summed E-state index contributed by atoms with van der Waals surface area (Å²) in [5.41, 5.74) is -0.925. The minimum Gasteiger partial charge on any atom is -0.487 e. The topological polar surface area (TPSA) is 111 Å². The van der Waals surface area contributed by atoms with Gasteiger partial charge < -0.3 is 19.9 Å². The van der Waals surface area contributed by atoms with Crippen molar-refractivity contribution in [3.63, 3.8) is 0 Å². The molecule has 1 aromatic rings. The molecule has 1 aromatic carbocycles. The zero-order valence-corrected chi connectivity index (χ0v) is 11.5. The molecule has 114 valence electrons. The molecule has 0 bridgehead atoms. The van der Waals surface area contributed by atoms with E-state index in [4.69, 9.17) is 9.47 Å². The summed E-state index contributed by atoms with van der Waals surface area (Å²) >= 11 is 0. The molecule has 8 heteroatoms. The molecular formula is C13H16N2O6. The Kier molecular flexibility index (Phi) is 4.27. The van der Waals surface area contributed by atoms with Gasteiger partial charge in [-0.3, -0.25) is 10.1 Å². The molecule has 8 nitrogen and oxygen atoms in total. The van der Waals surface area contributed by atoms with Crippen molar-refractivity contribution in [2.75, 3.05) is 25.1 Å². The van der Waals surface area contributed by atoms with Gasteiger partial charge in [-0.15, -0.1) is 0 Å². The van der Waals surface area contributed by atoms with Crippen molar-refractivity contribution in [2.24, 2.45) is 0 Å². The molecule has 0 spiro atoms. The Labute approximate surface area is 120 Å². The minimum atomic E-state index is -1.21. The van der Waals surface area contributed by atoms with Crippen LogP contribution in [0.1, 0.15) is 13.3 Å². The van der Waals surface area contributed by atoms with E-state index in [0.29, 0.717) is 18.7 Å². The molecule has 0 aliphatic carbocycles. The Morgan fingerprint density at radius 1 is 1.62 bits per heavy atom. The second kappa shape index (κ2) is 5.96. The lowest BCUT2D eigenvalue weighted by Gasteiger charge is -2.25. The number of nitrogens with zero attached hydrogens (tertiary/aromatic N) is 1. The molecule has 1 aliphatic rings. The summed E-state index contributed by atoms with van der Waals surface area (Å²) in [7, 11) is 0. The van der Waals surface area contributed by atoms with Gasteiger partial charge in [0.05, 0.1) is 18.1 Å². The monoisotopic (exact) mass is 296 g/mol. The van der Waals surface area contributed by atoms with Crippen LogP contribution in [0.5, 0.6) is 5.75 Å². The number of aliphatic carboxylic acids is 1. The van der Waals surface area contributed by atoms with E-state index in [0.717, 1.165) is 0 Å². The molecule has 2 N–H and O–H groups in total. The van der Waals surface area contributed by atoms with E-state index < -0.39 is 16.4 Å². The number of benzene rings is 1. The van der Waals surface area contributed by atoms with Gasteiger partial charge in [0.2, 0.25) is 0 Å². The van der Waals surface area contributed by atoms with Crippen LogP contribution in [0.15, 0.2) is 18.2 Å². The van der Waals surface area contributed by atoms with Crippen LogP contribution in [0.2, 0.25) is 0 Å². The second-order valence-corrected chi connectivity index (χ2v) is 4.69. The van der Waals surface area contributed by atoms with Crippen molar-refractivity contribution >= 4 is 17.3 Å². The first-order valence-electron chi connectivity index (χ1n) is 6.49. The van der Waals surface area contributed by atoms with Gasteiger partial charge in [0.1, 0.15) is 0 Å². The Balaban J connectivity index is 2.30. The van der Waals surface area contributed by atoms with Crippen molar-refractivity contribution in [1.82, 2.24) is 0 Å². The van der Waals surface area contributed by atoms with Crippen LogP contribution in [-0.2, 0) is 9.53 Å². The molecular weight excluding hydrogens is 280 g/mol. The first-order valence-corrected chi connectivity index (χ1v) is 6.49. The molecule has 0 saturated carbocycles. The van der Waals surface area contributed by atoms with Crippen LogP contribution in [0.4, 0.5) is 11.4 Å². The van der Waals surface area contributed by atoms with Crippen LogP contribution in [0.3, 0.4) is 0 Å². The number of carbonyl (C=O) groups is 1. The van der Waals surface area contributed by atoms with Gasteiger partial charge in [-0.1, -0.05) is 0 Å². The lowest BCUT2D eigenvalue weighted by atomic mass is 9.98. The van der Waals surface area contributed by atoms with E-state index in [1.54, 1.807) is 6.92 Å². The predicted molar refractivity (Wildman–Crippen MR) is 73.7 cm³/mol. The first kappa shape index (κ1) is 15.0. The van der Waals surface area contributed by atoms with Gasteiger partial charge in [-0.05, 0) is 13.0 Å². The summed E-state index contributed by atoms with van der Waals surface area (Å²) in [6.45, 7) is 2.39. The van der Waals surface area contributed by atoms with Crippen molar-refractivity contribution in [1.29, 1.82) is 0 Å². The molecule has 1 saturated heterocycles. The number of carboxylic acid groups (broad SMARTS) is 1. The van der Waals surface area contributed by atoms with Gasteiger partial charge in [0, 0.05) is 30.8 Å². The van der Waals surface area contributed by atoms with Crippen molar-refractivity contribution in [3.8, 4) is 5.75 Å². The third-order valence-electron chi connectivity index (χ3n) is 3.27. The molecule has 1 fully saturated rings. The highest BCUT2D eigenvalue weighted by Crippen LogP contribution is 2.32. The maximum absolute atomic E-state index is 11.4. The summed E-state index contributed by atoms with van der Waals surface area (Å²) in [4.78, 5) is 21.8. The largest absolute Gasteiger partial charge is 0.487 e. The number of nitro groups is 1. The highest BCUT2D eigenvalue weighted by Gasteiger charge is 2.42. The maximum Gasteiger partial charge on any atom is 0.331 e. The second-order valence-electron chi connectivity index (χ2n) is 4.69. The highest BCUT2D eigenvalue weighted by molar-refractivity contribution is 5.83. The Bertz CT molecular complexity index is 554. The molecule has 1 aliphatic heterocycles. The molecule has 0 radical (unpaired) electrons. The van der Waals surface area contributed by atoms with E-state index in [1.165, 1.54) is 18.2 Å². The SMILES string of the molecule is CCOc1cc(NC2(C(=O)O)CCOC2)ccc1[N+](=O)[O-]. The van der Waals surface area contributed by atoms with Gasteiger partial charge >= 0.3 is 11.7 Å². The molecule has 2 rings (SSSR count). The van der Waals surface area contributed by atoms with Crippen LogP contribution in [0, 0.1) is 10.1 Å². The number of ether oxygens (including phenoxy) is 2. The standard InChI is InChI=1S/C13H16N2O6/c1-2-21-11-7-9(3-4-10(11)15(18)19)14-13(12(16)17)5-6-20-8-13/h3-4,7,14H,2,5-6,8H2,1H3,(H,16,17). The predicted octanol–water partition coefficient (Wildman–Crippen LogP) is 1.65. The quantitative estimate of drug-likeness (QED) is 0.606. The fourth-order valence-electron chi connectivity index (χ4n) is 2.18. The van der Waals surface area contributed by atoms with E-state index in [9.17, 15) is 20.0 Å². The smallest absolute Gasteiger partial charge is 0.331 e. The summed E-state index contributed by atoms with van der Waals surface area (Å²) in [5.74, 6) is -0.914. The minimum absolute atomic E-state index is 0.0449. The molecule has 1 unspecified atom stereocenters. The number of hydrogen-bond acceptors (Lipinski definition) is 6. The molecule has 1 atom stereocenters. The van der Waals surface area contributed by atoms with Gasteiger partial charge in [0.25, 0.3) is 0 Å². The Morgan fingerprint density at radius 3 is 2.90 bits per heavy atom. The highest BCUT2D eigenvalue weighted by atomic mass is 16.6. The fraction of sp³-hybridized carbons (Fsp3) is 0.462. The molecule has 1 heterocycles. The molecule has 21 heavy (non-hydrogen) atoms. The number of nitrogens with one attached hydrogen (secondary N) is 1. The summed E-state index contributed by atoms with van der Waals surface area (Å²) in [5, 5.41) is 23.2. The van der Waals surface area contributed by atoms with Gasteiger partial charge in [0.15, 0.2) is 11.3 Å². The number of hydrogen-bond donors (Lipinski definition) is 2. The third-order valence-corrected chi connectivity index (χ3v) is 3.27. The Morgan fingerprint density at radius 2 is 2.38 bits per heavy atom. The third kappa shape index (κ3) is 3.05. The van der Waals surface area contributed by atoms with Crippen molar-refractivity contribution in [3.05, 3.63) is 28.3 Å². The number of carboxylic acids is 1. The maximum atomic E-state index is 11.4. The van der Waals surface area contributed by atoms with E-state index in [2.05, 4.69) is 5.32 Å². The average molecular weight is 296 g/mol. The van der Waals surface area contributed by atoms with Crippen LogP contribution in [-0.4, -0.2) is 41.4 Å². The normalized spacial score (nSPS) is 21.0. The first-order chi connectivity index (χ1) is 9.98. The van der Waals surface area contributed by atoms with Crippen LogP contribution in [0.25, 0.3) is 0 Å². The van der Waals surface area contributed by atoms with E-state index in [-0.39, 0.29) is 24.7 Å². The zero-order chi connectivity index (χ0) is 15.5. The van der Waals surface area contributed by atoms with Crippen molar-refractivity contribution in [2.45, 2.75) is 18.9 Å². The Hall–Kier alpha value is -2.35.